The van der Waals surface area contributed by atoms with Gasteiger partial charge in [0.05, 0.1) is 10.5 Å². The van der Waals surface area contributed by atoms with Gasteiger partial charge in [0.1, 0.15) is 5.75 Å². The van der Waals surface area contributed by atoms with E-state index < -0.39 is 10.0 Å². The number of ether oxygens (including phenoxy) is 1. The molecule has 0 atom stereocenters. The Morgan fingerprint density at radius 1 is 1.10 bits per heavy atom. The largest absolute Gasteiger partial charge is 0.439 e. The number of amides is 1. The smallest absolute Gasteiger partial charge is 0.262 e. The van der Waals surface area contributed by atoms with Gasteiger partial charge in [0, 0.05) is 24.5 Å². The molecule has 0 saturated carbocycles. The molecular weight excluding hydrogens is 414 g/mol. The lowest BCUT2D eigenvalue weighted by Crippen LogP contribution is -2.23. The molecule has 1 aromatic heterocycles. The molecule has 0 spiro atoms. The van der Waals surface area contributed by atoms with Crippen LogP contribution in [-0.2, 0) is 10.0 Å². The van der Waals surface area contributed by atoms with Gasteiger partial charge in [-0.15, -0.1) is 6.58 Å². The summed E-state index contributed by atoms with van der Waals surface area (Å²) in [5.74, 6) is 0.536. The van der Waals surface area contributed by atoms with Crippen LogP contribution >= 0.6 is 0 Å². The molecular formula is C23H23N3O4S. The summed E-state index contributed by atoms with van der Waals surface area (Å²) >= 11 is 0. The zero-order valence-electron chi connectivity index (χ0n) is 17.3. The Morgan fingerprint density at radius 2 is 1.84 bits per heavy atom. The standard InChI is InChI=1S/C23H23N3O4S/c1-4-13-24-23(27)18-6-12-22(25-15-18)30-20-9-7-19(8-10-20)26-31(28,29)21-11-5-16(2)14-17(21)3/h4-12,14-15,26H,1,13H2,2-3H3,(H,24,27). The molecule has 0 aliphatic rings. The van der Waals surface area contributed by atoms with Crippen LogP contribution in [0.15, 0.2) is 78.3 Å². The van der Waals surface area contributed by atoms with Gasteiger partial charge in [-0.1, -0.05) is 23.8 Å². The lowest BCUT2D eigenvalue weighted by atomic mass is 10.2. The molecule has 0 bridgehead atoms. The van der Waals surface area contributed by atoms with Crippen LogP contribution in [0.4, 0.5) is 5.69 Å². The Hall–Kier alpha value is -3.65. The van der Waals surface area contributed by atoms with Gasteiger partial charge >= 0.3 is 0 Å². The molecule has 0 fully saturated rings. The van der Waals surface area contributed by atoms with E-state index in [0.29, 0.717) is 35.0 Å². The third kappa shape index (κ3) is 5.70. The number of aryl methyl sites for hydroxylation is 2. The monoisotopic (exact) mass is 437 g/mol. The molecule has 0 unspecified atom stereocenters. The van der Waals surface area contributed by atoms with E-state index in [9.17, 15) is 13.2 Å². The second-order valence-electron chi connectivity index (χ2n) is 6.88. The summed E-state index contributed by atoms with van der Waals surface area (Å²) in [4.78, 5) is 16.2. The Labute approximate surface area is 181 Å². The van der Waals surface area contributed by atoms with Crippen molar-refractivity contribution in [1.29, 1.82) is 0 Å². The molecule has 7 nitrogen and oxygen atoms in total. The minimum Gasteiger partial charge on any atom is -0.439 e. The van der Waals surface area contributed by atoms with Crippen LogP contribution in [-0.4, -0.2) is 25.9 Å². The quantitative estimate of drug-likeness (QED) is 0.515. The topological polar surface area (TPSA) is 97.4 Å². The molecule has 0 aliphatic carbocycles. The maximum Gasteiger partial charge on any atom is 0.262 e. The van der Waals surface area contributed by atoms with E-state index in [-0.39, 0.29) is 10.8 Å². The zero-order valence-corrected chi connectivity index (χ0v) is 18.1. The number of sulfonamides is 1. The van der Waals surface area contributed by atoms with Gasteiger partial charge in [-0.25, -0.2) is 13.4 Å². The van der Waals surface area contributed by atoms with Crippen LogP contribution < -0.4 is 14.8 Å². The average Bonchev–Trinajstić information content (AvgIpc) is 2.73. The van der Waals surface area contributed by atoms with Gasteiger partial charge in [-0.2, -0.15) is 0 Å². The number of carbonyl (C=O) groups is 1. The highest BCUT2D eigenvalue weighted by Crippen LogP contribution is 2.24. The summed E-state index contributed by atoms with van der Waals surface area (Å²) in [6, 6.07) is 14.8. The molecule has 31 heavy (non-hydrogen) atoms. The SMILES string of the molecule is C=CCNC(=O)c1ccc(Oc2ccc(NS(=O)(=O)c3ccc(C)cc3C)cc2)nc1. The van der Waals surface area contributed by atoms with Crippen molar-refractivity contribution < 1.29 is 17.9 Å². The van der Waals surface area contributed by atoms with Crippen molar-refractivity contribution in [2.75, 3.05) is 11.3 Å². The van der Waals surface area contributed by atoms with Crippen LogP contribution in [0.3, 0.4) is 0 Å². The van der Waals surface area contributed by atoms with Crippen LogP contribution in [0.2, 0.25) is 0 Å². The van der Waals surface area contributed by atoms with Gasteiger partial charge in [0.15, 0.2) is 0 Å². The highest BCUT2D eigenvalue weighted by Gasteiger charge is 2.17. The lowest BCUT2D eigenvalue weighted by Gasteiger charge is -2.12. The van der Waals surface area contributed by atoms with Gasteiger partial charge in [0.25, 0.3) is 15.9 Å². The fourth-order valence-corrected chi connectivity index (χ4v) is 4.15. The molecule has 0 saturated heterocycles. The van der Waals surface area contributed by atoms with Crippen molar-refractivity contribution in [3.8, 4) is 11.6 Å². The molecule has 0 radical (unpaired) electrons. The predicted octanol–water partition coefficient (Wildman–Crippen LogP) is 4.21. The number of hydrogen-bond acceptors (Lipinski definition) is 5. The fraction of sp³-hybridized carbons (Fsp3) is 0.130. The maximum atomic E-state index is 12.7. The number of benzene rings is 2. The molecule has 2 N–H and O–H groups in total. The third-order valence-electron chi connectivity index (χ3n) is 4.35. The van der Waals surface area contributed by atoms with Crippen LogP contribution in [0.1, 0.15) is 21.5 Å². The number of hydrogen-bond donors (Lipinski definition) is 2. The van der Waals surface area contributed by atoms with Crippen LogP contribution in [0.25, 0.3) is 0 Å². The van der Waals surface area contributed by atoms with Crippen LogP contribution in [0, 0.1) is 13.8 Å². The molecule has 1 heterocycles. The third-order valence-corrected chi connectivity index (χ3v) is 5.90. The summed E-state index contributed by atoms with van der Waals surface area (Å²) in [6.07, 6.45) is 3.01. The van der Waals surface area contributed by atoms with Crippen molar-refractivity contribution in [3.05, 3.63) is 90.1 Å². The second-order valence-corrected chi connectivity index (χ2v) is 8.54. The summed E-state index contributed by atoms with van der Waals surface area (Å²) in [5.41, 5.74) is 2.50. The molecule has 160 valence electrons. The van der Waals surface area contributed by atoms with E-state index in [1.54, 1.807) is 61.5 Å². The number of rotatable bonds is 8. The van der Waals surface area contributed by atoms with Gasteiger partial charge in [0.2, 0.25) is 5.88 Å². The Morgan fingerprint density at radius 3 is 2.45 bits per heavy atom. The van der Waals surface area contributed by atoms with E-state index in [1.165, 1.54) is 6.20 Å². The van der Waals surface area contributed by atoms with Crippen molar-refractivity contribution in [2.45, 2.75) is 18.7 Å². The normalized spacial score (nSPS) is 10.9. The zero-order chi connectivity index (χ0) is 22.4. The van der Waals surface area contributed by atoms with Crippen molar-refractivity contribution in [1.82, 2.24) is 10.3 Å². The van der Waals surface area contributed by atoms with E-state index in [1.807, 2.05) is 13.0 Å². The van der Waals surface area contributed by atoms with E-state index in [2.05, 4.69) is 21.6 Å². The number of carbonyl (C=O) groups excluding carboxylic acids is 1. The number of nitrogens with one attached hydrogen (secondary N) is 2. The van der Waals surface area contributed by atoms with Gasteiger partial charge in [-0.05, 0) is 55.8 Å². The Kier molecular flexibility index (Phi) is 6.71. The summed E-state index contributed by atoms with van der Waals surface area (Å²) in [7, 11) is -3.70. The number of pyridine rings is 1. The predicted molar refractivity (Wildman–Crippen MR) is 120 cm³/mol. The first-order chi connectivity index (χ1) is 14.8. The first-order valence-corrected chi connectivity index (χ1v) is 11.0. The van der Waals surface area contributed by atoms with E-state index in [4.69, 9.17) is 4.74 Å². The minimum absolute atomic E-state index is 0.236. The number of nitrogens with zero attached hydrogens (tertiary/aromatic N) is 1. The Bertz CT molecular complexity index is 1190. The first-order valence-electron chi connectivity index (χ1n) is 9.51. The molecule has 8 heteroatoms. The molecule has 3 aromatic rings. The highest BCUT2D eigenvalue weighted by atomic mass is 32.2. The number of anilines is 1. The van der Waals surface area contributed by atoms with Crippen molar-refractivity contribution >= 4 is 21.6 Å². The van der Waals surface area contributed by atoms with Gasteiger partial charge in [-0.3, -0.25) is 9.52 Å². The maximum absolute atomic E-state index is 12.7. The van der Waals surface area contributed by atoms with E-state index >= 15 is 0 Å². The highest BCUT2D eigenvalue weighted by molar-refractivity contribution is 7.92. The number of aromatic nitrogens is 1. The summed E-state index contributed by atoms with van der Waals surface area (Å²) in [6.45, 7) is 7.59. The lowest BCUT2D eigenvalue weighted by molar-refractivity contribution is 0.0957. The molecule has 2 aromatic carbocycles. The van der Waals surface area contributed by atoms with Crippen LogP contribution in [0.5, 0.6) is 11.6 Å². The van der Waals surface area contributed by atoms with Gasteiger partial charge < -0.3 is 10.1 Å². The first kappa shape index (κ1) is 22.0. The summed E-state index contributed by atoms with van der Waals surface area (Å²) < 4.78 is 33.6. The van der Waals surface area contributed by atoms with Crippen molar-refractivity contribution in [2.24, 2.45) is 0 Å². The van der Waals surface area contributed by atoms with Crippen molar-refractivity contribution in [3.63, 3.8) is 0 Å². The Balaban J connectivity index is 1.66. The summed E-state index contributed by atoms with van der Waals surface area (Å²) in [5, 5.41) is 2.67. The fourth-order valence-electron chi connectivity index (χ4n) is 2.86. The molecule has 0 aliphatic heterocycles. The minimum atomic E-state index is -3.70. The molecule has 1 amide bonds. The van der Waals surface area contributed by atoms with E-state index in [0.717, 1.165) is 5.56 Å². The average molecular weight is 438 g/mol. The molecule has 3 rings (SSSR count). The second kappa shape index (κ2) is 9.44.